The first-order valence-electron chi connectivity index (χ1n) is 10.2. The maximum atomic E-state index is 12.9. The first kappa shape index (κ1) is 17.0. The van der Waals surface area contributed by atoms with Crippen LogP contribution in [0.3, 0.4) is 0 Å². The minimum Gasteiger partial charge on any atom is -0.486 e. The molecule has 27 heavy (non-hydrogen) atoms. The number of carbonyl (C=O) groups excluding carboxylic acids is 2. The van der Waals surface area contributed by atoms with Crippen LogP contribution in [0.15, 0.2) is 18.2 Å². The average molecular weight is 370 g/mol. The maximum absolute atomic E-state index is 12.9. The number of carbonyl (C=O) groups is 2. The lowest BCUT2D eigenvalue weighted by Crippen LogP contribution is -2.61. The summed E-state index contributed by atoms with van der Waals surface area (Å²) in [5.74, 6) is 2.29. The SMILES string of the molecule is O=C(c1ccc2c(c1)OCCO2)C1CCN(CN2C(=O)[C@@H]3CCC[C@H]32)CC1. The molecule has 0 radical (unpaired) electrons. The Kier molecular flexibility index (Phi) is 4.31. The van der Waals surface area contributed by atoms with E-state index in [-0.39, 0.29) is 11.7 Å². The van der Waals surface area contributed by atoms with Crippen LogP contribution >= 0.6 is 0 Å². The molecule has 0 bridgehead atoms. The standard InChI is InChI=1S/C21H26N2O4/c24-20(15-4-5-18-19(12-15)27-11-10-26-18)14-6-8-22(9-7-14)13-23-17-3-1-2-16(17)21(23)25/h4-5,12,14,16-17H,1-3,6-11,13H2/t16-,17-/m1/s1. The zero-order chi connectivity index (χ0) is 18.4. The van der Waals surface area contributed by atoms with Crippen LogP contribution in [-0.2, 0) is 4.79 Å². The summed E-state index contributed by atoms with van der Waals surface area (Å²) in [6.45, 7) is 3.58. The number of nitrogens with zero attached hydrogens (tertiary/aromatic N) is 2. The van der Waals surface area contributed by atoms with Crippen molar-refractivity contribution in [2.24, 2.45) is 11.8 Å². The van der Waals surface area contributed by atoms with Crippen molar-refractivity contribution in [3.63, 3.8) is 0 Å². The van der Waals surface area contributed by atoms with Gasteiger partial charge in [0.1, 0.15) is 13.2 Å². The van der Waals surface area contributed by atoms with Crippen molar-refractivity contribution in [1.29, 1.82) is 0 Å². The van der Waals surface area contributed by atoms with Crippen LogP contribution in [0.1, 0.15) is 42.5 Å². The van der Waals surface area contributed by atoms with Crippen molar-refractivity contribution >= 4 is 11.7 Å². The molecule has 3 fully saturated rings. The molecule has 1 amide bonds. The van der Waals surface area contributed by atoms with Gasteiger partial charge < -0.3 is 14.4 Å². The van der Waals surface area contributed by atoms with Crippen LogP contribution in [0, 0.1) is 11.8 Å². The monoisotopic (exact) mass is 370 g/mol. The predicted octanol–water partition coefficient (Wildman–Crippen LogP) is 2.32. The van der Waals surface area contributed by atoms with Crippen molar-refractivity contribution in [1.82, 2.24) is 9.80 Å². The fourth-order valence-corrected chi connectivity index (χ4v) is 5.05. The molecule has 0 N–H and O–H groups in total. The van der Waals surface area contributed by atoms with E-state index in [1.807, 2.05) is 18.2 Å². The Morgan fingerprint density at radius 1 is 1.04 bits per heavy atom. The molecule has 1 saturated carbocycles. The molecule has 6 nitrogen and oxygen atoms in total. The topological polar surface area (TPSA) is 59.1 Å². The Morgan fingerprint density at radius 2 is 1.81 bits per heavy atom. The Morgan fingerprint density at radius 3 is 2.63 bits per heavy atom. The van der Waals surface area contributed by atoms with Gasteiger partial charge in [0, 0.05) is 30.6 Å². The largest absolute Gasteiger partial charge is 0.486 e. The lowest BCUT2D eigenvalue weighted by atomic mass is 9.88. The van der Waals surface area contributed by atoms with Crippen LogP contribution in [0.5, 0.6) is 11.5 Å². The van der Waals surface area contributed by atoms with Crippen molar-refractivity contribution in [2.45, 2.75) is 38.1 Å². The summed E-state index contributed by atoms with van der Waals surface area (Å²) in [7, 11) is 0. The van der Waals surface area contributed by atoms with Gasteiger partial charge in [0.2, 0.25) is 5.91 Å². The molecule has 4 aliphatic rings. The smallest absolute Gasteiger partial charge is 0.229 e. The fraction of sp³-hybridized carbons (Fsp3) is 0.619. The third kappa shape index (κ3) is 3.00. The van der Waals surface area contributed by atoms with Crippen LogP contribution in [-0.4, -0.2) is 60.5 Å². The lowest BCUT2D eigenvalue weighted by Gasteiger charge is -2.47. The van der Waals surface area contributed by atoms with Gasteiger partial charge in [0.15, 0.2) is 17.3 Å². The number of benzene rings is 1. The highest BCUT2D eigenvalue weighted by Gasteiger charge is 2.49. The van der Waals surface area contributed by atoms with E-state index in [0.717, 1.165) is 51.2 Å². The number of likely N-dealkylation sites (tertiary alicyclic amines) is 2. The zero-order valence-electron chi connectivity index (χ0n) is 15.6. The highest BCUT2D eigenvalue weighted by atomic mass is 16.6. The highest BCUT2D eigenvalue weighted by Crippen LogP contribution is 2.40. The summed E-state index contributed by atoms with van der Waals surface area (Å²) in [5, 5.41) is 0. The molecule has 5 rings (SSSR count). The number of β-lactam (4-membered cyclic amide) rings is 1. The second kappa shape index (κ2) is 6.82. The van der Waals surface area contributed by atoms with Crippen LogP contribution < -0.4 is 9.47 Å². The quantitative estimate of drug-likeness (QED) is 0.601. The van der Waals surface area contributed by atoms with Crippen molar-refractivity contribution in [2.75, 3.05) is 33.0 Å². The average Bonchev–Trinajstić information content (AvgIpc) is 3.16. The van der Waals surface area contributed by atoms with E-state index >= 15 is 0 Å². The second-order valence-electron chi connectivity index (χ2n) is 8.17. The van der Waals surface area contributed by atoms with Crippen molar-refractivity contribution in [3.05, 3.63) is 23.8 Å². The molecule has 0 aromatic heterocycles. The molecule has 2 atom stereocenters. The van der Waals surface area contributed by atoms with Crippen LogP contribution in [0.2, 0.25) is 0 Å². The van der Waals surface area contributed by atoms with Crippen molar-refractivity contribution in [3.8, 4) is 11.5 Å². The van der Waals surface area contributed by atoms with Crippen molar-refractivity contribution < 1.29 is 19.1 Å². The molecule has 1 aromatic carbocycles. The molecule has 1 aliphatic carbocycles. The fourth-order valence-electron chi connectivity index (χ4n) is 5.05. The zero-order valence-corrected chi connectivity index (χ0v) is 15.6. The number of hydrogen-bond acceptors (Lipinski definition) is 5. The number of rotatable bonds is 4. The maximum Gasteiger partial charge on any atom is 0.229 e. The van der Waals surface area contributed by atoms with Gasteiger partial charge in [-0.15, -0.1) is 0 Å². The molecule has 144 valence electrons. The minimum absolute atomic E-state index is 0.0510. The number of amides is 1. The van der Waals surface area contributed by atoms with E-state index in [2.05, 4.69) is 9.80 Å². The third-order valence-corrected chi connectivity index (χ3v) is 6.62. The molecule has 0 unspecified atom stereocenters. The first-order chi connectivity index (χ1) is 13.2. The Balaban J connectivity index is 1.17. The summed E-state index contributed by atoms with van der Waals surface area (Å²) >= 11 is 0. The van der Waals surface area contributed by atoms with E-state index < -0.39 is 0 Å². The molecule has 6 heteroatoms. The predicted molar refractivity (Wildman–Crippen MR) is 98.9 cm³/mol. The van der Waals surface area contributed by atoms with Crippen LogP contribution in [0.4, 0.5) is 0 Å². The van der Waals surface area contributed by atoms with Gasteiger partial charge in [-0.25, -0.2) is 0 Å². The number of ketones is 1. The normalized spacial score (nSPS) is 28.0. The van der Waals surface area contributed by atoms with E-state index in [4.69, 9.17) is 9.47 Å². The third-order valence-electron chi connectivity index (χ3n) is 6.62. The van der Waals surface area contributed by atoms with E-state index in [9.17, 15) is 9.59 Å². The van der Waals surface area contributed by atoms with E-state index in [1.54, 1.807) is 0 Å². The first-order valence-corrected chi connectivity index (χ1v) is 10.2. The number of hydrogen-bond donors (Lipinski definition) is 0. The number of piperidine rings is 1. The Hall–Kier alpha value is -2.08. The summed E-state index contributed by atoms with van der Waals surface area (Å²) in [6, 6.07) is 5.99. The number of fused-ring (bicyclic) bond motifs is 2. The molecule has 3 aliphatic heterocycles. The lowest BCUT2D eigenvalue weighted by molar-refractivity contribution is -0.158. The summed E-state index contributed by atoms with van der Waals surface area (Å²) in [4.78, 5) is 29.5. The molecular weight excluding hydrogens is 344 g/mol. The minimum atomic E-state index is 0.0510. The van der Waals surface area contributed by atoms with E-state index in [0.29, 0.717) is 42.4 Å². The van der Waals surface area contributed by atoms with Crippen LogP contribution in [0.25, 0.3) is 0 Å². The van der Waals surface area contributed by atoms with Gasteiger partial charge in [0.05, 0.1) is 12.6 Å². The molecule has 3 heterocycles. The van der Waals surface area contributed by atoms with Gasteiger partial charge >= 0.3 is 0 Å². The Bertz CT molecular complexity index is 757. The highest BCUT2D eigenvalue weighted by molar-refractivity contribution is 5.98. The summed E-state index contributed by atoms with van der Waals surface area (Å²) < 4.78 is 11.1. The Labute approximate surface area is 159 Å². The van der Waals surface area contributed by atoms with E-state index in [1.165, 1.54) is 6.42 Å². The molecule has 0 spiro atoms. The molecule has 2 saturated heterocycles. The summed E-state index contributed by atoms with van der Waals surface area (Å²) in [6.07, 6.45) is 5.12. The molecular formula is C21H26N2O4. The van der Waals surface area contributed by atoms with Gasteiger partial charge in [-0.2, -0.15) is 0 Å². The van der Waals surface area contributed by atoms with Gasteiger partial charge in [-0.05, 0) is 43.9 Å². The molecule has 1 aromatic rings. The van der Waals surface area contributed by atoms with Gasteiger partial charge in [0.25, 0.3) is 0 Å². The second-order valence-corrected chi connectivity index (χ2v) is 8.17. The number of ether oxygens (including phenoxy) is 2. The van der Waals surface area contributed by atoms with Gasteiger partial charge in [-0.1, -0.05) is 6.42 Å². The van der Waals surface area contributed by atoms with Gasteiger partial charge in [-0.3, -0.25) is 14.5 Å². The number of Topliss-reactive ketones (excluding diaryl/α,β-unsaturated/α-hetero) is 1. The summed E-state index contributed by atoms with van der Waals surface area (Å²) in [5.41, 5.74) is 0.712.